The minimum absolute atomic E-state index is 0.429. The summed E-state index contributed by atoms with van der Waals surface area (Å²) in [6.45, 7) is 0. The average molecular weight is 263 g/mol. The lowest BCUT2D eigenvalue weighted by molar-refractivity contribution is 1.14. The molecule has 3 rings (SSSR count). The van der Waals surface area contributed by atoms with Gasteiger partial charge in [0.2, 0.25) is 0 Å². The standard InChI is InChI=1S/C12H9NS3/c1-2-4-9(5-3-1)12-13-10(8-14-12)11-6-7-15-16-11/h1-8,11H. The number of hydrogen-bond acceptors (Lipinski definition) is 4. The van der Waals surface area contributed by atoms with E-state index in [1.807, 2.05) is 16.9 Å². The Kier molecular flexibility index (Phi) is 3.04. The minimum atomic E-state index is 0.429. The molecule has 1 atom stereocenters. The molecular weight excluding hydrogens is 254 g/mol. The quantitative estimate of drug-likeness (QED) is 0.725. The van der Waals surface area contributed by atoms with Gasteiger partial charge in [0.25, 0.3) is 0 Å². The van der Waals surface area contributed by atoms with Gasteiger partial charge in [-0.15, -0.1) is 11.3 Å². The van der Waals surface area contributed by atoms with Crippen LogP contribution < -0.4 is 0 Å². The number of rotatable bonds is 2. The van der Waals surface area contributed by atoms with Gasteiger partial charge in [0.05, 0.1) is 10.9 Å². The van der Waals surface area contributed by atoms with Gasteiger partial charge in [0.15, 0.2) is 0 Å². The zero-order valence-corrected chi connectivity index (χ0v) is 10.8. The van der Waals surface area contributed by atoms with E-state index in [1.165, 1.54) is 11.3 Å². The number of aromatic nitrogens is 1. The molecule has 0 aliphatic carbocycles. The van der Waals surface area contributed by atoms with Crippen molar-refractivity contribution >= 4 is 32.9 Å². The molecular formula is C12H9NS3. The summed E-state index contributed by atoms with van der Waals surface area (Å²) in [7, 11) is 3.64. The van der Waals surface area contributed by atoms with E-state index >= 15 is 0 Å². The summed E-state index contributed by atoms with van der Waals surface area (Å²) in [5, 5.41) is 5.84. The van der Waals surface area contributed by atoms with Crippen molar-refractivity contribution in [1.29, 1.82) is 0 Å². The van der Waals surface area contributed by atoms with Crippen LogP contribution in [-0.4, -0.2) is 4.98 Å². The highest BCUT2D eigenvalue weighted by Gasteiger charge is 2.16. The third kappa shape index (κ3) is 2.05. The Morgan fingerprint density at radius 3 is 2.75 bits per heavy atom. The second-order valence-electron chi connectivity index (χ2n) is 3.39. The van der Waals surface area contributed by atoms with Crippen LogP contribution in [0.25, 0.3) is 10.6 Å². The summed E-state index contributed by atoms with van der Waals surface area (Å²) in [4.78, 5) is 4.70. The van der Waals surface area contributed by atoms with Crippen LogP contribution in [-0.2, 0) is 0 Å². The van der Waals surface area contributed by atoms with Crippen molar-refractivity contribution in [2.24, 2.45) is 0 Å². The topological polar surface area (TPSA) is 12.9 Å². The summed E-state index contributed by atoms with van der Waals surface area (Å²) in [6.07, 6.45) is 2.21. The van der Waals surface area contributed by atoms with Crippen LogP contribution in [0.4, 0.5) is 0 Å². The Bertz CT molecular complexity index is 504. The van der Waals surface area contributed by atoms with Crippen molar-refractivity contribution in [2.75, 3.05) is 0 Å². The highest BCUT2D eigenvalue weighted by Crippen LogP contribution is 2.46. The van der Waals surface area contributed by atoms with Crippen LogP contribution in [0.15, 0.2) is 47.2 Å². The van der Waals surface area contributed by atoms with Gasteiger partial charge in [-0.3, -0.25) is 0 Å². The first kappa shape index (κ1) is 10.4. The van der Waals surface area contributed by atoms with E-state index in [0.717, 1.165) is 5.01 Å². The van der Waals surface area contributed by atoms with Crippen molar-refractivity contribution in [3.05, 3.63) is 52.9 Å². The van der Waals surface area contributed by atoms with Crippen LogP contribution in [0.3, 0.4) is 0 Å². The largest absolute Gasteiger partial charge is 0.240 e. The van der Waals surface area contributed by atoms with Crippen LogP contribution in [0.1, 0.15) is 10.9 Å². The van der Waals surface area contributed by atoms with E-state index in [2.05, 4.69) is 41.1 Å². The molecule has 0 spiro atoms. The molecule has 0 saturated heterocycles. The third-order valence-corrected chi connectivity index (χ3v) is 5.49. The molecule has 0 radical (unpaired) electrons. The molecule has 0 amide bonds. The number of nitrogens with zero attached hydrogens (tertiary/aromatic N) is 1. The van der Waals surface area contributed by atoms with Crippen molar-refractivity contribution in [1.82, 2.24) is 4.98 Å². The molecule has 0 N–H and O–H groups in total. The molecule has 0 fully saturated rings. The molecule has 1 aromatic heterocycles. The van der Waals surface area contributed by atoms with Crippen LogP contribution in [0.2, 0.25) is 0 Å². The Morgan fingerprint density at radius 2 is 2.00 bits per heavy atom. The first-order valence-corrected chi connectivity index (χ1v) is 8.09. The summed E-state index contributed by atoms with van der Waals surface area (Å²) < 4.78 is 0. The monoisotopic (exact) mass is 263 g/mol. The zero-order chi connectivity index (χ0) is 10.8. The van der Waals surface area contributed by atoms with Gasteiger partial charge in [0, 0.05) is 10.9 Å². The lowest BCUT2D eigenvalue weighted by atomic mass is 10.2. The maximum atomic E-state index is 4.70. The third-order valence-electron chi connectivity index (χ3n) is 2.30. The molecule has 16 heavy (non-hydrogen) atoms. The summed E-state index contributed by atoms with van der Waals surface area (Å²) in [6, 6.07) is 10.3. The molecule has 2 heterocycles. The number of hydrogen-bond donors (Lipinski definition) is 0. The molecule has 0 saturated carbocycles. The van der Waals surface area contributed by atoms with Crippen molar-refractivity contribution in [3.63, 3.8) is 0 Å². The number of benzene rings is 1. The van der Waals surface area contributed by atoms with E-state index in [9.17, 15) is 0 Å². The van der Waals surface area contributed by atoms with E-state index in [0.29, 0.717) is 5.25 Å². The van der Waals surface area contributed by atoms with Crippen molar-refractivity contribution in [3.8, 4) is 10.6 Å². The molecule has 80 valence electrons. The molecule has 1 aromatic carbocycles. The fourth-order valence-electron chi connectivity index (χ4n) is 1.51. The summed E-state index contributed by atoms with van der Waals surface area (Å²) in [5.74, 6) is 0. The Morgan fingerprint density at radius 1 is 1.12 bits per heavy atom. The smallest absolute Gasteiger partial charge is 0.123 e. The highest BCUT2D eigenvalue weighted by molar-refractivity contribution is 8.78. The number of thiazole rings is 1. The highest BCUT2D eigenvalue weighted by atomic mass is 33.1. The fourth-order valence-corrected chi connectivity index (χ4v) is 4.55. The zero-order valence-electron chi connectivity index (χ0n) is 8.37. The van der Waals surface area contributed by atoms with Gasteiger partial charge >= 0.3 is 0 Å². The average Bonchev–Trinajstić information content (AvgIpc) is 3.01. The van der Waals surface area contributed by atoms with Gasteiger partial charge in [-0.25, -0.2) is 4.98 Å². The SMILES string of the molecule is C1=CC(c2csc(-c3ccccc3)n2)SS1. The van der Waals surface area contributed by atoms with Gasteiger partial charge < -0.3 is 0 Å². The summed E-state index contributed by atoms with van der Waals surface area (Å²) >= 11 is 1.72. The van der Waals surface area contributed by atoms with Crippen LogP contribution in [0, 0.1) is 0 Å². The van der Waals surface area contributed by atoms with E-state index in [4.69, 9.17) is 4.98 Å². The molecule has 4 heteroatoms. The fraction of sp³-hybridized carbons (Fsp3) is 0.0833. The van der Waals surface area contributed by atoms with E-state index in [1.54, 1.807) is 22.1 Å². The van der Waals surface area contributed by atoms with Crippen molar-refractivity contribution in [2.45, 2.75) is 5.25 Å². The van der Waals surface area contributed by atoms with E-state index < -0.39 is 0 Å². The minimum Gasteiger partial charge on any atom is -0.240 e. The van der Waals surface area contributed by atoms with Crippen LogP contribution >= 0.6 is 32.9 Å². The normalized spacial score (nSPS) is 19.1. The van der Waals surface area contributed by atoms with Gasteiger partial charge in [0.1, 0.15) is 5.01 Å². The molecule has 1 nitrogen and oxygen atoms in total. The Labute approximate surface area is 106 Å². The maximum absolute atomic E-state index is 4.70. The second kappa shape index (κ2) is 4.65. The molecule has 2 aromatic rings. The van der Waals surface area contributed by atoms with Crippen LogP contribution in [0.5, 0.6) is 0 Å². The predicted molar refractivity (Wildman–Crippen MR) is 74.6 cm³/mol. The predicted octanol–water partition coefficient (Wildman–Crippen LogP) is 4.76. The van der Waals surface area contributed by atoms with Gasteiger partial charge in [-0.2, -0.15) is 0 Å². The Hall–Kier alpha value is -0.710. The Balaban J connectivity index is 1.90. The molecule has 1 aliphatic rings. The molecule has 0 bridgehead atoms. The van der Waals surface area contributed by atoms with E-state index in [-0.39, 0.29) is 0 Å². The maximum Gasteiger partial charge on any atom is 0.123 e. The lowest BCUT2D eigenvalue weighted by Gasteiger charge is -2.00. The van der Waals surface area contributed by atoms with Crippen molar-refractivity contribution < 1.29 is 0 Å². The molecule has 1 aliphatic heterocycles. The van der Waals surface area contributed by atoms with Gasteiger partial charge in [-0.05, 0) is 5.41 Å². The molecule has 1 unspecified atom stereocenters. The van der Waals surface area contributed by atoms with Gasteiger partial charge in [-0.1, -0.05) is 58.0 Å². The first-order chi connectivity index (χ1) is 7.93. The lowest BCUT2D eigenvalue weighted by Crippen LogP contribution is -1.86. The second-order valence-corrected chi connectivity index (χ2v) is 6.56. The summed E-state index contributed by atoms with van der Waals surface area (Å²) in [5.41, 5.74) is 2.38. The first-order valence-electron chi connectivity index (χ1n) is 4.93.